The van der Waals surface area contributed by atoms with Crippen molar-refractivity contribution in [2.75, 3.05) is 6.61 Å². The third kappa shape index (κ3) is 1.61. The molecule has 1 N–H and O–H groups in total. The molecule has 0 unspecified atom stereocenters. The molecule has 0 radical (unpaired) electrons. The van der Waals surface area contributed by atoms with Gasteiger partial charge in [0.25, 0.3) is 0 Å². The summed E-state index contributed by atoms with van der Waals surface area (Å²) in [7, 11) is 0. The van der Waals surface area contributed by atoms with Crippen LogP contribution >= 0.6 is 0 Å². The van der Waals surface area contributed by atoms with Crippen LogP contribution in [0.2, 0.25) is 0 Å². The molecular weight excluding hydrogens is 182 g/mol. The maximum Gasteiger partial charge on any atom is 0.309 e. The number of aliphatic carboxylic acids is 1. The first-order chi connectivity index (χ1) is 6.79. The van der Waals surface area contributed by atoms with Gasteiger partial charge in [-0.05, 0) is 24.1 Å². The Morgan fingerprint density at radius 1 is 1.50 bits per heavy atom. The van der Waals surface area contributed by atoms with Gasteiger partial charge >= 0.3 is 5.97 Å². The highest BCUT2D eigenvalue weighted by Crippen LogP contribution is 2.34. The van der Waals surface area contributed by atoms with Crippen LogP contribution in [0.4, 0.5) is 0 Å². The highest BCUT2D eigenvalue weighted by molar-refractivity contribution is 5.71. The van der Waals surface area contributed by atoms with E-state index < -0.39 is 11.9 Å². The van der Waals surface area contributed by atoms with Crippen molar-refractivity contribution in [2.45, 2.75) is 12.5 Å². The Morgan fingerprint density at radius 2 is 2.21 bits per heavy atom. The topological polar surface area (TPSA) is 59.4 Å². The second-order valence-corrected chi connectivity index (χ2v) is 3.31. The van der Waals surface area contributed by atoms with Crippen LogP contribution in [-0.2, 0) is 9.53 Å². The molecular formula is C10H11NO3. The quantitative estimate of drug-likeness (QED) is 0.767. The standard InChI is InChI=1S/C10H11NO3/c12-10(13)8-3-6-14-9(8)7-1-4-11-5-2-7/h1-2,4-5,8-9H,3,6H2,(H,12,13)/t8-,9+/m1/s1. The predicted octanol–water partition coefficient (Wildman–Crippen LogP) is 1.24. The molecule has 4 nitrogen and oxygen atoms in total. The molecule has 0 aromatic carbocycles. The fourth-order valence-electron chi connectivity index (χ4n) is 1.72. The SMILES string of the molecule is O=C(O)[C@@H]1CCO[C@H]1c1ccncc1. The molecule has 0 amide bonds. The summed E-state index contributed by atoms with van der Waals surface area (Å²) < 4.78 is 5.40. The zero-order valence-electron chi connectivity index (χ0n) is 7.59. The van der Waals surface area contributed by atoms with Crippen molar-refractivity contribution in [3.8, 4) is 0 Å². The van der Waals surface area contributed by atoms with Crippen LogP contribution in [0, 0.1) is 5.92 Å². The van der Waals surface area contributed by atoms with Crippen LogP contribution in [0.5, 0.6) is 0 Å². The summed E-state index contributed by atoms with van der Waals surface area (Å²) in [5.41, 5.74) is 0.893. The van der Waals surface area contributed by atoms with Gasteiger partial charge in [-0.15, -0.1) is 0 Å². The molecule has 1 saturated heterocycles. The number of ether oxygens (including phenoxy) is 1. The molecule has 1 aliphatic heterocycles. The number of hydrogen-bond donors (Lipinski definition) is 1. The van der Waals surface area contributed by atoms with Gasteiger partial charge in [-0.1, -0.05) is 0 Å². The van der Waals surface area contributed by atoms with E-state index in [9.17, 15) is 4.79 Å². The molecule has 1 fully saturated rings. The number of carboxylic acid groups (broad SMARTS) is 1. The van der Waals surface area contributed by atoms with E-state index in [2.05, 4.69) is 4.98 Å². The summed E-state index contributed by atoms with van der Waals surface area (Å²) in [4.78, 5) is 14.8. The molecule has 2 heterocycles. The van der Waals surface area contributed by atoms with E-state index in [-0.39, 0.29) is 6.10 Å². The smallest absolute Gasteiger partial charge is 0.309 e. The summed E-state index contributed by atoms with van der Waals surface area (Å²) in [6.07, 6.45) is 3.57. The lowest BCUT2D eigenvalue weighted by atomic mass is 9.96. The Bertz CT molecular complexity index is 325. The third-order valence-corrected chi connectivity index (χ3v) is 2.44. The van der Waals surface area contributed by atoms with Crippen LogP contribution in [0.15, 0.2) is 24.5 Å². The van der Waals surface area contributed by atoms with Crippen molar-refractivity contribution in [3.05, 3.63) is 30.1 Å². The van der Waals surface area contributed by atoms with Crippen molar-refractivity contribution in [2.24, 2.45) is 5.92 Å². The summed E-state index contributed by atoms with van der Waals surface area (Å²) in [5.74, 6) is -1.21. The molecule has 74 valence electrons. The number of pyridine rings is 1. The monoisotopic (exact) mass is 193 g/mol. The summed E-state index contributed by atoms with van der Waals surface area (Å²) in [5, 5.41) is 8.95. The van der Waals surface area contributed by atoms with Gasteiger partial charge in [-0.25, -0.2) is 0 Å². The zero-order chi connectivity index (χ0) is 9.97. The maximum absolute atomic E-state index is 10.9. The van der Waals surface area contributed by atoms with E-state index >= 15 is 0 Å². The fraction of sp³-hybridized carbons (Fsp3) is 0.400. The number of hydrogen-bond acceptors (Lipinski definition) is 3. The van der Waals surface area contributed by atoms with E-state index in [1.807, 2.05) is 0 Å². The zero-order valence-corrected chi connectivity index (χ0v) is 7.59. The molecule has 1 aromatic heterocycles. The van der Waals surface area contributed by atoms with Crippen LogP contribution in [0.25, 0.3) is 0 Å². The molecule has 14 heavy (non-hydrogen) atoms. The first-order valence-electron chi connectivity index (χ1n) is 4.53. The van der Waals surface area contributed by atoms with E-state index in [0.717, 1.165) is 5.56 Å². The van der Waals surface area contributed by atoms with E-state index in [1.54, 1.807) is 24.5 Å². The van der Waals surface area contributed by atoms with E-state index in [4.69, 9.17) is 9.84 Å². The molecule has 1 aliphatic rings. The molecule has 0 aliphatic carbocycles. The van der Waals surface area contributed by atoms with Crippen LogP contribution in [0.3, 0.4) is 0 Å². The minimum atomic E-state index is -0.788. The lowest BCUT2D eigenvalue weighted by molar-refractivity contribution is -0.143. The number of carboxylic acids is 1. The highest BCUT2D eigenvalue weighted by atomic mass is 16.5. The minimum absolute atomic E-state index is 0.310. The van der Waals surface area contributed by atoms with Gasteiger partial charge in [0.1, 0.15) is 0 Å². The Kier molecular flexibility index (Phi) is 2.45. The van der Waals surface area contributed by atoms with Crippen molar-refractivity contribution < 1.29 is 14.6 Å². The first kappa shape index (κ1) is 9.15. The van der Waals surface area contributed by atoms with Gasteiger partial charge in [0.2, 0.25) is 0 Å². The summed E-state index contributed by atoms with van der Waals surface area (Å²) in [6.45, 7) is 0.518. The van der Waals surface area contributed by atoms with Crippen LogP contribution in [0.1, 0.15) is 18.1 Å². The van der Waals surface area contributed by atoms with Crippen LogP contribution in [-0.4, -0.2) is 22.7 Å². The maximum atomic E-state index is 10.9. The van der Waals surface area contributed by atoms with Gasteiger partial charge in [-0.2, -0.15) is 0 Å². The molecule has 0 spiro atoms. The molecule has 2 rings (SSSR count). The van der Waals surface area contributed by atoms with Gasteiger partial charge < -0.3 is 9.84 Å². The largest absolute Gasteiger partial charge is 0.481 e. The molecule has 4 heteroatoms. The van der Waals surface area contributed by atoms with Crippen LogP contribution < -0.4 is 0 Å². The summed E-state index contributed by atoms with van der Waals surface area (Å²) in [6, 6.07) is 3.60. The average Bonchev–Trinajstić information content (AvgIpc) is 2.67. The number of nitrogens with zero attached hydrogens (tertiary/aromatic N) is 1. The fourth-order valence-corrected chi connectivity index (χ4v) is 1.72. The normalized spacial score (nSPS) is 26.3. The molecule has 0 bridgehead atoms. The lowest BCUT2D eigenvalue weighted by Crippen LogP contribution is -2.17. The Labute approximate surface area is 81.5 Å². The molecule has 1 aromatic rings. The number of carbonyl (C=O) groups is 1. The lowest BCUT2D eigenvalue weighted by Gasteiger charge is -2.14. The number of aromatic nitrogens is 1. The van der Waals surface area contributed by atoms with E-state index in [1.165, 1.54) is 0 Å². The van der Waals surface area contributed by atoms with Gasteiger partial charge in [0.15, 0.2) is 0 Å². The Balaban J connectivity index is 2.22. The average molecular weight is 193 g/mol. The second kappa shape index (κ2) is 3.75. The minimum Gasteiger partial charge on any atom is -0.481 e. The second-order valence-electron chi connectivity index (χ2n) is 3.31. The predicted molar refractivity (Wildman–Crippen MR) is 48.7 cm³/mol. The molecule has 2 atom stereocenters. The van der Waals surface area contributed by atoms with Crippen molar-refractivity contribution in [1.29, 1.82) is 0 Å². The van der Waals surface area contributed by atoms with Gasteiger partial charge in [0.05, 0.1) is 12.0 Å². The summed E-state index contributed by atoms with van der Waals surface area (Å²) >= 11 is 0. The van der Waals surface area contributed by atoms with E-state index in [0.29, 0.717) is 13.0 Å². The van der Waals surface area contributed by atoms with Crippen molar-refractivity contribution in [1.82, 2.24) is 4.98 Å². The van der Waals surface area contributed by atoms with Gasteiger partial charge in [0, 0.05) is 19.0 Å². The highest BCUT2D eigenvalue weighted by Gasteiger charge is 2.34. The Hall–Kier alpha value is -1.42. The molecule has 0 saturated carbocycles. The Morgan fingerprint density at radius 3 is 2.86 bits per heavy atom. The van der Waals surface area contributed by atoms with Crippen molar-refractivity contribution in [3.63, 3.8) is 0 Å². The number of rotatable bonds is 2. The third-order valence-electron chi connectivity index (χ3n) is 2.44. The van der Waals surface area contributed by atoms with Gasteiger partial charge in [-0.3, -0.25) is 9.78 Å². The first-order valence-corrected chi connectivity index (χ1v) is 4.53. The van der Waals surface area contributed by atoms with Crippen molar-refractivity contribution >= 4 is 5.97 Å².